The van der Waals surface area contributed by atoms with Gasteiger partial charge in [-0.05, 0) is 24.1 Å². The summed E-state index contributed by atoms with van der Waals surface area (Å²) in [4.78, 5) is 13.3. The van der Waals surface area contributed by atoms with Gasteiger partial charge in [0.25, 0.3) is 0 Å². The number of carbonyl (C=O) groups excluding carboxylic acids is 1. The van der Waals surface area contributed by atoms with Crippen LogP contribution in [0.4, 0.5) is 4.39 Å². The fraction of sp³-hybridized carbons (Fsp3) is 0.462. The molecular weight excluding hydrogens is 285 g/mol. The van der Waals surface area contributed by atoms with Crippen LogP contribution in [0.2, 0.25) is 0 Å². The highest BCUT2D eigenvalue weighted by Gasteiger charge is 2.13. The van der Waals surface area contributed by atoms with E-state index in [9.17, 15) is 9.18 Å². The van der Waals surface area contributed by atoms with E-state index in [0.29, 0.717) is 24.4 Å². The second-order valence-electron chi connectivity index (χ2n) is 4.58. The van der Waals surface area contributed by atoms with Crippen LogP contribution < -0.4 is 0 Å². The fourth-order valence-corrected chi connectivity index (χ4v) is 1.92. The molecule has 0 saturated heterocycles. The van der Waals surface area contributed by atoms with E-state index in [0.717, 1.165) is 4.47 Å². The van der Waals surface area contributed by atoms with Crippen LogP contribution in [0.25, 0.3) is 0 Å². The number of rotatable bonds is 4. The van der Waals surface area contributed by atoms with Crippen molar-refractivity contribution in [3.63, 3.8) is 0 Å². The fourth-order valence-electron chi connectivity index (χ4n) is 1.51. The van der Waals surface area contributed by atoms with Crippen LogP contribution in [-0.4, -0.2) is 17.9 Å². The number of nitrogens with zero attached hydrogens (tertiary/aromatic N) is 1. The first-order valence-electron chi connectivity index (χ1n) is 5.58. The van der Waals surface area contributed by atoms with Gasteiger partial charge in [-0.1, -0.05) is 29.8 Å². The summed E-state index contributed by atoms with van der Waals surface area (Å²) in [7, 11) is 1.70. The maximum Gasteiger partial charge on any atom is 0.222 e. The number of hydrogen-bond acceptors (Lipinski definition) is 1. The zero-order valence-electron chi connectivity index (χ0n) is 10.3. The number of benzene rings is 1. The summed E-state index contributed by atoms with van der Waals surface area (Å²) in [5.41, 5.74) is 0.527. The molecule has 0 fully saturated rings. The van der Waals surface area contributed by atoms with Gasteiger partial charge in [0.05, 0.1) is 0 Å². The summed E-state index contributed by atoms with van der Waals surface area (Å²) in [5.74, 6) is 0.0779. The Balaban J connectivity index is 2.70. The Morgan fingerprint density at radius 1 is 1.47 bits per heavy atom. The Bertz CT molecular complexity index is 406. The van der Waals surface area contributed by atoms with Crippen LogP contribution in [0.3, 0.4) is 0 Å². The summed E-state index contributed by atoms with van der Waals surface area (Å²) in [6, 6.07) is 4.75. The minimum absolute atomic E-state index is 0.0411. The van der Waals surface area contributed by atoms with E-state index in [2.05, 4.69) is 15.9 Å². The van der Waals surface area contributed by atoms with Crippen molar-refractivity contribution in [2.75, 3.05) is 7.05 Å². The minimum atomic E-state index is -0.280. The smallest absolute Gasteiger partial charge is 0.222 e. The van der Waals surface area contributed by atoms with Crippen molar-refractivity contribution in [2.24, 2.45) is 5.92 Å². The lowest BCUT2D eigenvalue weighted by Crippen LogP contribution is -2.27. The van der Waals surface area contributed by atoms with Gasteiger partial charge < -0.3 is 4.90 Å². The van der Waals surface area contributed by atoms with Crippen molar-refractivity contribution in [1.29, 1.82) is 0 Å². The second-order valence-corrected chi connectivity index (χ2v) is 5.50. The van der Waals surface area contributed by atoms with Gasteiger partial charge in [0.1, 0.15) is 5.82 Å². The summed E-state index contributed by atoms with van der Waals surface area (Å²) >= 11 is 3.29. The number of carbonyl (C=O) groups is 1. The van der Waals surface area contributed by atoms with E-state index in [1.807, 2.05) is 13.8 Å². The summed E-state index contributed by atoms with van der Waals surface area (Å²) < 4.78 is 14.3. The molecule has 17 heavy (non-hydrogen) atoms. The number of halogens is 2. The van der Waals surface area contributed by atoms with Crippen molar-refractivity contribution in [3.8, 4) is 0 Å². The molecule has 94 valence electrons. The third-order valence-electron chi connectivity index (χ3n) is 2.42. The number of amides is 1. The molecule has 4 heteroatoms. The normalized spacial score (nSPS) is 10.7. The Hall–Kier alpha value is -0.900. The van der Waals surface area contributed by atoms with Gasteiger partial charge in [0, 0.05) is 30.0 Å². The molecule has 0 aliphatic carbocycles. The maximum absolute atomic E-state index is 13.5. The molecule has 0 radical (unpaired) electrons. The molecular formula is C13H17BrFNO. The predicted molar refractivity (Wildman–Crippen MR) is 70.0 cm³/mol. The quantitative estimate of drug-likeness (QED) is 0.832. The van der Waals surface area contributed by atoms with Crippen molar-refractivity contribution in [2.45, 2.75) is 26.8 Å². The molecule has 0 saturated carbocycles. The molecule has 0 aliphatic rings. The standard InChI is InChI=1S/C13H17BrFNO/c1-9(2)6-13(17)16(3)8-10-7-11(14)4-5-12(10)15/h4-5,7,9H,6,8H2,1-3H3. The minimum Gasteiger partial charge on any atom is -0.341 e. The van der Waals surface area contributed by atoms with Gasteiger partial charge in [0.15, 0.2) is 0 Å². The molecule has 0 N–H and O–H groups in total. The molecule has 0 bridgehead atoms. The van der Waals surface area contributed by atoms with Crippen LogP contribution in [0, 0.1) is 11.7 Å². The highest BCUT2D eigenvalue weighted by atomic mass is 79.9. The van der Waals surface area contributed by atoms with Gasteiger partial charge in [-0.15, -0.1) is 0 Å². The van der Waals surface area contributed by atoms with Crippen LogP contribution in [0.5, 0.6) is 0 Å². The first-order chi connectivity index (χ1) is 7.90. The first kappa shape index (κ1) is 14.2. The van der Waals surface area contributed by atoms with Crippen molar-refractivity contribution >= 4 is 21.8 Å². The molecule has 0 aliphatic heterocycles. The van der Waals surface area contributed by atoms with Gasteiger partial charge in [-0.2, -0.15) is 0 Å². The monoisotopic (exact) mass is 301 g/mol. The molecule has 0 aromatic heterocycles. The Morgan fingerprint density at radius 3 is 2.71 bits per heavy atom. The molecule has 0 heterocycles. The lowest BCUT2D eigenvalue weighted by atomic mass is 10.1. The Labute approximate surface area is 110 Å². The van der Waals surface area contributed by atoms with Crippen molar-refractivity contribution in [3.05, 3.63) is 34.1 Å². The topological polar surface area (TPSA) is 20.3 Å². The van der Waals surface area contributed by atoms with E-state index in [1.165, 1.54) is 6.07 Å². The second kappa shape index (κ2) is 6.15. The van der Waals surface area contributed by atoms with Crippen molar-refractivity contribution in [1.82, 2.24) is 4.90 Å². The lowest BCUT2D eigenvalue weighted by molar-refractivity contribution is -0.131. The predicted octanol–water partition coefficient (Wildman–Crippen LogP) is 3.59. The molecule has 1 rings (SSSR count). The molecule has 1 aromatic rings. The van der Waals surface area contributed by atoms with Gasteiger partial charge in [-0.3, -0.25) is 4.79 Å². The van der Waals surface area contributed by atoms with Crippen LogP contribution in [0.1, 0.15) is 25.8 Å². The third-order valence-corrected chi connectivity index (χ3v) is 2.92. The molecule has 0 atom stereocenters. The van der Waals surface area contributed by atoms with E-state index in [1.54, 1.807) is 24.1 Å². The van der Waals surface area contributed by atoms with Crippen LogP contribution in [-0.2, 0) is 11.3 Å². The Kier molecular flexibility index (Phi) is 5.12. The summed E-state index contributed by atoms with van der Waals surface area (Å²) in [6.45, 7) is 4.29. The largest absolute Gasteiger partial charge is 0.341 e. The van der Waals surface area contributed by atoms with E-state index >= 15 is 0 Å². The van der Waals surface area contributed by atoms with Crippen LogP contribution in [0.15, 0.2) is 22.7 Å². The summed E-state index contributed by atoms with van der Waals surface area (Å²) in [6.07, 6.45) is 0.492. The molecule has 1 aromatic carbocycles. The summed E-state index contributed by atoms with van der Waals surface area (Å²) in [5, 5.41) is 0. The zero-order valence-corrected chi connectivity index (χ0v) is 11.9. The molecule has 0 spiro atoms. The van der Waals surface area contributed by atoms with E-state index in [-0.39, 0.29) is 11.7 Å². The number of hydrogen-bond donors (Lipinski definition) is 0. The van der Waals surface area contributed by atoms with Crippen molar-refractivity contribution < 1.29 is 9.18 Å². The van der Waals surface area contributed by atoms with Gasteiger partial charge in [-0.25, -0.2) is 4.39 Å². The molecule has 2 nitrogen and oxygen atoms in total. The molecule has 1 amide bonds. The molecule has 0 unspecified atom stereocenters. The third kappa shape index (κ3) is 4.46. The zero-order chi connectivity index (χ0) is 13.0. The highest BCUT2D eigenvalue weighted by Crippen LogP contribution is 2.17. The van der Waals surface area contributed by atoms with E-state index < -0.39 is 0 Å². The van der Waals surface area contributed by atoms with Gasteiger partial charge in [0.2, 0.25) is 5.91 Å². The van der Waals surface area contributed by atoms with Crippen LogP contribution >= 0.6 is 15.9 Å². The van der Waals surface area contributed by atoms with E-state index in [4.69, 9.17) is 0 Å². The Morgan fingerprint density at radius 2 is 2.12 bits per heavy atom. The average molecular weight is 302 g/mol. The SMILES string of the molecule is CC(C)CC(=O)N(C)Cc1cc(Br)ccc1F. The van der Waals surface area contributed by atoms with Gasteiger partial charge >= 0.3 is 0 Å². The maximum atomic E-state index is 13.5. The highest BCUT2D eigenvalue weighted by molar-refractivity contribution is 9.10. The lowest BCUT2D eigenvalue weighted by Gasteiger charge is -2.19. The average Bonchev–Trinajstić information content (AvgIpc) is 2.22. The first-order valence-corrected chi connectivity index (χ1v) is 6.37.